The van der Waals surface area contributed by atoms with Gasteiger partial charge in [-0.05, 0) is 38.3 Å². The molecule has 1 aromatic rings. The molecule has 1 atom stereocenters. The van der Waals surface area contributed by atoms with Gasteiger partial charge in [0, 0.05) is 6.54 Å². The average molecular weight is 294 g/mol. The third-order valence-corrected chi connectivity index (χ3v) is 3.86. The van der Waals surface area contributed by atoms with E-state index in [0.717, 1.165) is 44.2 Å². The van der Waals surface area contributed by atoms with Crippen molar-refractivity contribution < 1.29 is 9.47 Å². The average Bonchev–Trinajstić information content (AvgIpc) is 2.53. The number of hydrogen-bond donors (Lipinski definition) is 0. The van der Waals surface area contributed by atoms with Crippen LogP contribution in [0.1, 0.15) is 27.7 Å². The van der Waals surface area contributed by atoms with Gasteiger partial charge in [-0.15, -0.1) is 0 Å². The fourth-order valence-electron chi connectivity index (χ4n) is 2.42. The van der Waals surface area contributed by atoms with E-state index in [1.165, 1.54) is 0 Å². The lowest BCUT2D eigenvalue weighted by Gasteiger charge is -2.34. The molecule has 4 heteroatoms. The van der Waals surface area contributed by atoms with Gasteiger partial charge in [0.25, 0.3) is 0 Å². The Hall–Kier alpha value is -1.26. The van der Waals surface area contributed by atoms with Gasteiger partial charge < -0.3 is 9.47 Å². The van der Waals surface area contributed by atoms with Crippen LogP contribution >= 0.6 is 0 Å². The monoisotopic (exact) mass is 294 g/mol. The molecule has 21 heavy (non-hydrogen) atoms. The number of likely N-dealkylation sites (N-methyl/N-ethyl adjacent to an activating group) is 2. The zero-order valence-corrected chi connectivity index (χ0v) is 14.1. The molecule has 0 radical (unpaired) electrons. The summed E-state index contributed by atoms with van der Waals surface area (Å²) in [5, 5.41) is 0. The van der Waals surface area contributed by atoms with Crippen molar-refractivity contribution in [1.29, 1.82) is 0 Å². The molecule has 0 aromatic heterocycles. The van der Waals surface area contributed by atoms with Crippen molar-refractivity contribution in [2.45, 2.75) is 33.9 Å². The highest BCUT2D eigenvalue weighted by Gasteiger charge is 2.21. The predicted molar refractivity (Wildman–Crippen MR) is 88.1 cm³/mol. The first-order chi connectivity index (χ1) is 10.2. The molecule has 1 unspecified atom stereocenters. The number of rotatable bonds is 10. The maximum Gasteiger partial charge on any atom is 0.165 e. The second kappa shape index (κ2) is 9.64. The third-order valence-electron chi connectivity index (χ3n) is 3.86. The molecular weight excluding hydrogens is 264 g/mol. The normalized spacial score (nSPS) is 12.7. The van der Waals surface area contributed by atoms with Crippen molar-refractivity contribution in [3.63, 3.8) is 0 Å². The number of ether oxygens (including phenoxy) is 2. The SMILES string of the molecule is CCN(CC)CC(Oc1ccccc1OC)N(CC)CC. The van der Waals surface area contributed by atoms with E-state index in [9.17, 15) is 0 Å². The summed E-state index contributed by atoms with van der Waals surface area (Å²) in [6, 6.07) is 7.85. The summed E-state index contributed by atoms with van der Waals surface area (Å²) in [6.07, 6.45) is 0.0381. The van der Waals surface area contributed by atoms with Crippen LogP contribution in [0.5, 0.6) is 11.5 Å². The lowest BCUT2D eigenvalue weighted by atomic mass is 10.3. The van der Waals surface area contributed by atoms with Crippen molar-refractivity contribution in [1.82, 2.24) is 9.80 Å². The fourth-order valence-corrected chi connectivity index (χ4v) is 2.42. The minimum atomic E-state index is 0.0381. The van der Waals surface area contributed by atoms with Gasteiger partial charge in [0.2, 0.25) is 0 Å². The Morgan fingerprint density at radius 1 is 0.905 bits per heavy atom. The Morgan fingerprint density at radius 2 is 1.48 bits per heavy atom. The van der Waals surface area contributed by atoms with Gasteiger partial charge >= 0.3 is 0 Å². The highest BCUT2D eigenvalue weighted by atomic mass is 16.5. The lowest BCUT2D eigenvalue weighted by Crippen LogP contribution is -2.47. The van der Waals surface area contributed by atoms with E-state index in [0.29, 0.717) is 0 Å². The van der Waals surface area contributed by atoms with Crippen LogP contribution in [0.3, 0.4) is 0 Å². The van der Waals surface area contributed by atoms with Crippen LogP contribution in [0.4, 0.5) is 0 Å². The van der Waals surface area contributed by atoms with Gasteiger partial charge in [0.05, 0.1) is 7.11 Å². The van der Waals surface area contributed by atoms with Crippen LogP contribution in [-0.4, -0.2) is 55.9 Å². The first-order valence-corrected chi connectivity index (χ1v) is 7.96. The van der Waals surface area contributed by atoms with Crippen molar-refractivity contribution in [3.05, 3.63) is 24.3 Å². The van der Waals surface area contributed by atoms with Gasteiger partial charge in [-0.3, -0.25) is 9.80 Å². The molecule has 1 rings (SSSR count). The van der Waals surface area contributed by atoms with E-state index in [-0.39, 0.29) is 6.23 Å². The molecule has 0 amide bonds. The summed E-state index contributed by atoms with van der Waals surface area (Å²) in [6.45, 7) is 13.6. The predicted octanol–water partition coefficient (Wildman–Crippen LogP) is 3.08. The Bertz CT molecular complexity index is 390. The summed E-state index contributed by atoms with van der Waals surface area (Å²) in [4.78, 5) is 4.73. The summed E-state index contributed by atoms with van der Waals surface area (Å²) in [5.74, 6) is 1.60. The van der Waals surface area contributed by atoms with Gasteiger partial charge in [-0.1, -0.05) is 39.8 Å². The summed E-state index contributed by atoms with van der Waals surface area (Å²) in [7, 11) is 1.68. The molecule has 0 saturated heterocycles. The van der Waals surface area contributed by atoms with E-state index in [4.69, 9.17) is 9.47 Å². The smallest absolute Gasteiger partial charge is 0.165 e. The summed E-state index contributed by atoms with van der Waals surface area (Å²) >= 11 is 0. The molecule has 0 saturated carbocycles. The summed E-state index contributed by atoms with van der Waals surface area (Å²) < 4.78 is 11.7. The van der Waals surface area contributed by atoms with Crippen LogP contribution in [0.2, 0.25) is 0 Å². The van der Waals surface area contributed by atoms with Crippen LogP contribution in [0.25, 0.3) is 0 Å². The molecule has 1 aromatic carbocycles. The van der Waals surface area contributed by atoms with Crippen molar-refractivity contribution >= 4 is 0 Å². The Balaban J connectivity index is 2.90. The maximum atomic E-state index is 6.27. The first-order valence-electron chi connectivity index (χ1n) is 7.96. The van der Waals surface area contributed by atoms with E-state index in [1.54, 1.807) is 7.11 Å². The molecule has 0 bridgehead atoms. The van der Waals surface area contributed by atoms with E-state index in [2.05, 4.69) is 37.5 Å². The molecule has 0 aliphatic carbocycles. The molecule has 0 N–H and O–H groups in total. The minimum absolute atomic E-state index is 0.0381. The first kappa shape index (κ1) is 17.8. The van der Waals surface area contributed by atoms with Gasteiger partial charge in [0.1, 0.15) is 0 Å². The third kappa shape index (κ3) is 5.21. The summed E-state index contributed by atoms with van der Waals surface area (Å²) in [5.41, 5.74) is 0. The second-order valence-corrected chi connectivity index (χ2v) is 4.93. The topological polar surface area (TPSA) is 24.9 Å². The maximum absolute atomic E-state index is 6.27. The van der Waals surface area contributed by atoms with Crippen LogP contribution in [0, 0.1) is 0 Å². The minimum Gasteiger partial charge on any atom is -0.493 e. The van der Waals surface area contributed by atoms with Gasteiger partial charge in [0.15, 0.2) is 17.7 Å². The largest absolute Gasteiger partial charge is 0.493 e. The van der Waals surface area contributed by atoms with Crippen molar-refractivity contribution in [3.8, 4) is 11.5 Å². The Kier molecular flexibility index (Phi) is 8.16. The quantitative estimate of drug-likeness (QED) is 0.619. The number of para-hydroxylation sites is 2. The molecule has 120 valence electrons. The molecule has 0 fully saturated rings. The highest BCUT2D eigenvalue weighted by molar-refractivity contribution is 5.39. The van der Waals surface area contributed by atoms with Crippen molar-refractivity contribution in [2.24, 2.45) is 0 Å². The standard InChI is InChI=1S/C17H30N2O2/c1-6-18(7-2)14-17(19(8-3)9-4)21-16-13-11-10-12-15(16)20-5/h10-13,17H,6-9,14H2,1-5H3. The van der Waals surface area contributed by atoms with Crippen LogP contribution < -0.4 is 9.47 Å². The molecule has 0 aliphatic heterocycles. The Labute approximate surface area is 129 Å². The zero-order chi connectivity index (χ0) is 15.7. The lowest BCUT2D eigenvalue weighted by molar-refractivity contribution is 0.00448. The number of benzene rings is 1. The Morgan fingerprint density at radius 3 is 1.95 bits per heavy atom. The van der Waals surface area contributed by atoms with Gasteiger partial charge in [-0.2, -0.15) is 0 Å². The second-order valence-electron chi connectivity index (χ2n) is 4.93. The van der Waals surface area contributed by atoms with Crippen molar-refractivity contribution in [2.75, 3.05) is 39.8 Å². The zero-order valence-electron chi connectivity index (χ0n) is 14.1. The van der Waals surface area contributed by atoms with Crippen LogP contribution in [0.15, 0.2) is 24.3 Å². The number of hydrogen-bond acceptors (Lipinski definition) is 4. The highest BCUT2D eigenvalue weighted by Crippen LogP contribution is 2.27. The van der Waals surface area contributed by atoms with Crippen LogP contribution in [-0.2, 0) is 0 Å². The molecule has 0 heterocycles. The van der Waals surface area contributed by atoms with E-state index in [1.807, 2.05) is 24.3 Å². The molecule has 4 nitrogen and oxygen atoms in total. The van der Waals surface area contributed by atoms with Gasteiger partial charge in [-0.25, -0.2) is 0 Å². The number of nitrogens with zero attached hydrogens (tertiary/aromatic N) is 2. The fraction of sp³-hybridized carbons (Fsp3) is 0.647. The molecule has 0 aliphatic rings. The molecular formula is C17H30N2O2. The number of methoxy groups -OCH3 is 1. The van der Waals surface area contributed by atoms with E-state index >= 15 is 0 Å². The van der Waals surface area contributed by atoms with E-state index < -0.39 is 0 Å². The molecule has 0 spiro atoms.